The number of rotatable bonds is 4. The molecule has 0 spiro atoms. The molecule has 14 heavy (non-hydrogen) atoms. The lowest BCUT2D eigenvalue weighted by Gasteiger charge is -2.08. The van der Waals surface area contributed by atoms with Crippen LogP contribution in [0.3, 0.4) is 0 Å². The van der Waals surface area contributed by atoms with Gasteiger partial charge in [-0.1, -0.05) is 36.4 Å². The molecule has 0 nitrogen and oxygen atoms in total. The maximum absolute atomic E-state index is 6.02. The van der Waals surface area contributed by atoms with Crippen molar-refractivity contribution in [2.75, 3.05) is 0 Å². The molecule has 0 saturated carbocycles. The molecule has 0 aliphatic carbocycles. The first kappa shape index (κ1) is 11.4. The third-order valence-corrected chi connectivity index (χ3v) is 2.82. The second-order valence-electron chi connectivity index (χ2n) is 2.95. The average Bonchev–Trinajstić information content (AvgIpc) is 2.27. The van der Waals surface area contributed by atoms with Gasteiger partial charge in [0.1, 0.15) is 0 Å². The number of alkyl halides is 2. The van der Waals surface area contributed by atoms with Crippen molar-refractivity contribution in [1.82, 2.24) is 0 Å². The zero-order valence-electron chi connectivity index (χ0n) is 7.79. The summed E-state index contributed by atoms with van der Waals surface area (Å²) in [4.78, 5) is 0. The van der Waals surface area contributed by atoms with E-state index in [0.29, 0.717) is 0 Å². The van der Waals surface area contributed by atoms with Crippen LogP contribution in [-0.4, -0.2) is 0 Å². The molecule has 0 aliphatic heterocycles. The summed E-state index contributed by atoms with van der Waals surface area (Å²) < 4.78 is 0. The number of benzene rings is 1. The Morgan fingerprint density at radius 3 is 1.79 bits per heavy atom. The van der Waals surface area contributed by atoms with E-state index < -0.39 is 0 Å². The van der Waals surface area contributed by atoms with Crippen LogP contribution in [0.2, 0.25) is 0 Å². The molecule has 0 fully saturated rings. The smallest absolute Gasteiger partial charge is 0.0763 e. The molecule has 74 valence electrons. The fourth-order valence-corrected chi connectivity index (χ4v) is 1.45. The van der Waals surface area contributed by atoms with Crippen LogP contribution in [0.25, 0.3) is 0 Å². The van der Waals surface area contributed by atoms with Gasteiger partial charge < -0.3 is 0 Å². The van der Waals surface area contributed by atoms with Crippen molar-refractivity contribution in [3.63, 3.8) is 0 Å². The van der Waals surface area contributed by atoms with Crippen molar-refractivity contribution >= 4 is 23.2 Å². The minimum absolute atomic E-state index is 0.163. The summed E-state index contributed by atoms with van der Waals surface area (Å²) in [6.07, 6.45) is 3.38. The Morgan fingerprint density at radius 1 is 1.00 bits per heavy atom. The molecule has 0 aromatic heterocycles. The van der Waals surface area contributed by atoms with E-state index in [0.717, 1.165) is 11.1 Å². The van der Waals surface area contributed by atoms with Gasteiger partial charge in [0, 0.05) is 0 Å². The summed E-state index contributed by atoms with van der Waals surface area (Å²) >= 11 is 12.0. The predicted molar refractivity (Wildman–Crippen MR) is 64.0 cm³/mol. The van der Waals surface area contributed by atoms with Gasteiger partial charge >= 0.3 is 0 Å². The summed E-state index contributed by atoms with van der Waals surface area (Å²) in [6, 6.07) is 7.81. The first-order valence-electron chi connectivity index (χ1n) is 4.32. The van der Waals surface area contributed by atoms with Crippen LogP contribution in [0.15, 0.2) is 49.6 Å². The monoisotopic (exact) mass is 226 g/mol. The molecule has 1 rings (SSSR count). The fraction of sp³-hybridized carbons (Fsp3) is 0.167. The van der Waals surface area contributed by atoms with Gasteiger partial charge in [-0.3, -0.25) is 0 Å². The van der Waals surface area contributed by atoms with Gasteiger partial charge in [-0.05, 0) is 11.1 Å². The Morgan fingerprint density at radius 2 is 1.43 bits per heavy atom. The zero-order chi connectivity index (χ0) is 10.6. The Hall–Kier alpha value is -0.720. The lowest BCUT2D eigenvalue weighted by Crippen LogP contribution is -1.90. The maximum Gasteiger partial charge on any atom is 0.0763 e. The van der Waals surface area contributed by atoms with Crippen molar-refractivity contribution in [2.45, 2.75) is 10.8 Å². The van der Waals surface area contributed by atoms with Crippen molar-refractivity contribution in [1.29, 1.82) is 0 Å². The van der Waals surface area contributed by atoms with Gasteiger partial charge in [-0.25, -0.2) is 0 Å². The Balaban J connectivity index is 3.00. The molecule has 0 heterocycles. The Labute approximate surface area is 94.8 Å². The second kappa shape index (κ2) is 5.23. The largest absolute Gasteiger partial charge is 0.113 e. The highest BCUT2D eigenvalue weighted by molar-refractivity contribution is 6.22. The van der Waals surface area contributed by atoms with Crippen LogP contribution in [0.4, 0.5) is 0 Å². The molecule has 0 radical (unpaired) electrons. The van der Waals surface area contributed by atoms with Crippen LogP contribution < -0.4 is 0 Å². The average molecular weight is 227 g/mol. The third kappa shape index (κ3) is 2.63. The number of hydrogen-bond donors (Lipinski definition) is 0. The van der Waals surface area contributed by atoms with E-state index in [-0.39, 0.29) is 10.8 Å². The fourth-order valence-electron chi connectivity index (χ4n) is 1.17. The topological polar surface area (TPSA) is 0 Å². The minimum Gasteiger partial charge on any atom is -0.113 e. The molecule has 2 unspecified atom stereocenters. The molecule has 0 N–H and O–H groups in total. The minimum atomic E-state index is -0.163. The molecule has 1 aromatic carbocycles. The summed E-state index contributed by atoms with van der Waals surface area (Å²) in [5, 5.41) is -0.327. The van der Waals surface area contributed by atoms with Crippen molar-refractivity contribution in [3.8, 4) is 0 Å². The molecular formula is C12H12Cl2. The van der Waals surface area contributed by atoms with Gasteiger partial charge in [-0.15, -0.1) is 36.4 Å². The highest BCUT2D eigenvalue weighted by Gasteiger charge is 2.07. The van der Waals surface area contributed by atoms with Gasteiger partial charge in [-0.2, -0.15) is 0 Å². The standard InChI is InChI=1S/C12H12Cl2/c1-3-11(13)9-6-5-7-10(8-9)12(14)4-2/h3-8,11-12H,1-2H2. The molecule has 0 saturated heterocycles. The van der Waals surface area contributed by atoms with E-state index in [1.54, 1.807) is 12.2 Å². The molecule has 2 heteroatoms. The molecule has 0 amide bonds. The number of halogens is 2. The van der Waals surface area contributed by atoms with Crippen LogP contribution in [-0.2, 0) is 0 Å². The molecule has 0 bridgehead atoms. The normalized spacial score (nSPS) is 14.4. The zero-order valence-corrected chi connectivity index (χ0v) is 9.30. The third-order valence-electron chi connectivity index (χ3n) is 1.96. The summed E-state index contributed by atoms with van der Waals surface area (Å²) in [5.41, 5.74) is 2.01. The van der Waals surface area contributed by atoms with E-state index in [2.05, 4.69) is 13.2 Å². The first-order valence-corrected chi connectivity index (χ1v) is 5.19. The number of hydrogen-bond acceptors (Lipinski definition) is 0. The van der Waals surface area contributed by atoms with E-state index in [1.165, 1.54) is 0 Å². The van der Waals surface area contributed by atoms with Gasteiger partial charge in [0.05, 0.1) is 10.8 Å². The summed E-state index contributed by atoms with van der Waals surface area (Å²) in [7, 11) is 0. The Bertz CT molecular complexity index is 302. The predicted octanol–water partition coefficient (Wildman–Crippen LogP) is 4.62. The second-order valence-corrected chi connectivity index (χ2v) is 3.89. The summed E-state index contributed by atoms with van der Waals surface area (Å²) in [5.74, 6) is 0. The van der Waals surface area contributed by atoms with Gasteiger partial charge in [0.2, 0.25) is 0 Å². The van der Waals surface area contributed by atoms with Crippen LogP contribution in [0.5, 0.6) is 0 Å². The van der Waals surface area contributed by atoms with E-state index in [4.69, 9.17) is 23.2 Å². The van der Waals surface area contributed by atoms with Gasteiger partial charge in [0.15, 0.2) is 0 Å². The first-order chi connectivity index (χ1) is 6.69. The molecule has 1 aromatic rings. The van der Waals surface area contributed by atoms with E-state index >= 15 is 0 Å². The van der Waals surface area contributed by atoms with E-state index in [9.17, 15) is 0 Å². The highest BCUT2D eigenvalue weighted by atomic mass is 35.5. The summed E-state index contributed by atoms with van der Waals surface area (Å²) in [6.45, 7) is 7.29. The molecular weight excluding hydrogens is 215 g/mol. The van der Waals surface area contributed by atoms with Crippen LogP contribution in [0, 0.1) is 0 Å². The highest BCUT2D eigenvalue weighted by Crippen LogP contribution is 2.27. The molecule has 0 aliphatic rings. The van der Waals surface area contributed by atoms with Crippen LogP contribution >= 0.6 is 23.2 Å². The Kier molecular flexibility index (Phi) is 4.24. The maximum atomic E-state index is 6.02. The van der Waals surface area contributed by atoms with Crippen molar-refractivity contribution < 1.29 is 0 Å². The van der Waals surface area contributed by atoms with Crippen molar-refractivity contribution in [2.24, 2.45) is 0 Å². The quantitative estimate of drug-likeness (QED) is 0.520. The number of allylic oxidation sites excluding steroid dienone is 2. The molecule has 2 atom stereocenters. The van der Waals surface area contributed by atoms with Crippen LogP contribution in [0.1, 0.15) is 21.9 Å². The van der Waals surface area contributed by atoms with E-state index in [1.807, 2.05) is 24.3 Å². The SMILES string of the molecule is C=CC(Cl)c1cccc(C(Cl)C=C)c1. The lowest BCUT2D eigenvalue weighted by molar-refractivity contribution is 1.15. The lowest BCUT2D eigenvalue weighted by atomic mass is 10.1. The van der Waals surface area contributed by atoms with Gasteiger partial charge in [0.25, 0.3) is 0 Å². The van der Waals surface area contributed by atoms with Crippen molar-refractivity contribution in [3.05, 3.63) is 60.7 Å².